The van der Waals surface area contributed by atoms with E-state index in [1.165, 1.54) is 23.9 Å². The van der Waals surface area contributed by atoms with Crippen molar-refractivity contribution in [1.29, 1.82) is 0 Å². The summed E-state index contributed by atoms with van der Waals surface area (Å²) >= 11 is 0. The number of hydrogen-bond donors (Lipinski definition) is 1. The van der Waals surface area contributed by atoms with Crippen LogP contribution in [0.5, 0.6) is 0 Å². The second kappa shape index (κ2) is 6.09. The molecule has 0 fully saturated rings. The topological polar surface area (TPSA) is 51.1 Å². The molecule has 4 nitrogen and oxygen atoms in total. The van der Waals surface area contributed by atoms with Crippen LogP contribution in [-0.2, 0) is 44.0 Å². The van der Waals surface area contributed by atoms with Crippen molar-refractivity contribution in [1.82, 2.24) is 9.88 Å². The van der Waals surface area contributed by atoms with Gasteiger partial charge in [0.15, 0.2) is 5.56 Å². The Bertz CT molecular complexity index is 373. The Morgan fingerprint density at radius 3 is 2.79 bits per heavy atom. The summed E-state index contributed by atoms with van der Waals surface area (Å²) in [5.41, 5.74) is 0.595. The van der Waals surface area contributed by atoms with E-state index in [2.05, 4.69) is 11.4 Å². The van der Waals surface area contributed by atoms with Crippen molar-refractivity contribution in [2.45, 2.75) is 13.5 Å². The second-order valence-corrected chi connectivity index (χ2v) is 2.74. The third kappa shape index (κ3) is 3.72. The van der Waals surface area contributed by atoms with Gasteiger partial charge in [-0.25, -0.2) is 11.6 Å². The average Bonchev–Trinajstić information content (AvgIpc) is 2.09. The zero-order chi connectivity index (χ0) is 9.84. The Morgan fingerprint density at radius 2 is 2.29 bits per heavy atom. The molecule has 1 rings (SSSR count). The van der Waals surface area contributed by atoms with Gasteiger partial charge in [-0.3, -0.25) is 9.59 Å². The maximum Gasteiger partial charge on any atom is 0.239 e. The van der Waals surface area contributed by atoms with Crippen LogP contribution in [0.25, 0.3) is 0 Å². The van der Waals surface area contributed by atoms with Gasteiger partial charge >= 0.3 is 0 Å². The van der Waals surface area contributed by atoms with Crippen LogP contribution >= 0.6 is 0 Å². The molecule has 0 aliphatic heterocycles. The molecule has 1 N–H and O–H groups in total. The van der Waals surface area contributed by atoms with Crippen LogP contribution in [0.3, 0.4) is 0 Å². The van der Waals surface area contributed by atoms with Crippen LogP contribution in [0.4, 0.5) is 0 Å². The fraction of sp³-hybridized carbons (Fsp3) is 0.333. The van der Waals surface area contributed by atoms with Gasteiger partial charge < -0.3 is 9.88 Å². The molecule has 0 saturated carbocycles. The van der Waals surface area contributed by atoms with Crippen molar-refractivity contribution in [3.8, 4) is 0 Å². The first-order valence-electron chi connectivity index (χ1n) is 3.93. The Balaban J connectivity index is 0.00000169. The molecule has 0 bridgehead atoms. The smallest absolute Gasteiger partial charge is 0.239 e. The van der Waals surface area contributed by atoms with Gasteiger partial charge in [-0.15, -0.1) is 6.07 Å². The maximum atomic E-state index is 11.3. The number of carbonyl (C=O) groups excluding carboxylic acids is 1. The van der Waals surface area contributed by atoms with Gasteiger partial charge in [-0.1, -0.05) is 13.1 Å². The van der Waals surface area contributed by atoms with Gasteiger partial charge in [-0.2, -0.15) is 0 Å². The molecule has 5 heteroatoms. The normalized spacial score (nSPS) is 9.00. The average molecular weight is 268 g/mol. The molecule has 1 radical (unpaired) electrons. The molecule has 0 aliphatic rings. The van der Waals surface area contributed by atoms with Crippen LogP contribution in [0, 0.1) is 13.0 Å². The van der Waals surface area contributed by atoms with Crippen molar-refractivity contribution in [3.05, 3.63) is 34.2 Å². The molecule has 0 aliphatic carbocycles. The second-order valence-electron chi connectivity index (χ2n) is 2.74. The molecule has 73 valence electrons. The van der Waals surface area contributed by atoms with Crippen LogP contribution in [0.2, 0.25) is 0 Å². The summed E-state index contributed by atoms with van der Waals surface area (Å²) in [5.74, 6) is -0.195. The fourth-order valence-corrected chi connectivity index (χ4v) is 0.910. The minimum absolute atomic E-state index is 0. The minimum Gasteiger partial charge on any atom is -0.358 e. The summed E-state index contributed by atoms with van der Waals surface area (Å²) in [6.45, 7) is 1.83. The number of nitrogens with zero attached hydrogens (tertiary/aromatic N) is 1. The van der Waals surface area contributed by atoms with Gasteiger partial charge in [0.05, 0.1) is 0 Å². The molecule has 0 spiro atoms. The predicted molar refractivity (Wildman–Crippen MR) is 48.3 cm³/mol. The van der Waals surface area contributed by atoms with Crippen molar-refractivity contribution in [2.75, 3.05) is 7.05 Å². The van der Waals surface area contributed by atoms with E-state index in [4.69, 9.17) is 0 Å². The Kier molecular flexibility index (Phi) is 5.88. The first-order chi connectivity index (χ1) is 6.13. The van der Waals surface area contributed by atoms with Crippen molar-refractivity contribution < 1.29 is 37.5 Å². The number of amides is 1. The summed E-state index contributed by atoms with van der Waals surface area (Å²) in [4.78, 5) is 22.2. The van der Waals surface area contributed by atoms with Crippen molar-refractivity contribution >= 4 is 5.91 Å². The zero-order valence-corrected chi connectivity index (χ0v) is 11.0. The molecule has 14 heavy (non-hydrogen) atoms. The van der Waals surface area contributed by atoms with Crippen LogP contribution in [-0.4, -0.2) is 17.5 Å². The van der Waals surface area contributed by atoms with Gasteiger partial charge in [0, 0.05) is 39.8 Å². The summed E-state index contributed by atoms with van der Waals surface area (Å²) in [6.07, 6.45) is 1.49. The Morgan fingerprint density at radius 1 is 1.64 bits per heavy atom. The number of pyridine rings is 1. The molecule has 1 aromatic heterocycles. The van der Waals surface area contributed by atoms with E-state index < -0.39 is 0 Å². The third-order valence-corrected chi connectivity index (χ3v) is 1.66. The molecule has 1 aromatic rings. The van der Waals surface area contributed by atoms with Gasteiger partial charge in [-0.05, 0) is 0 Å². The number of aromatic nitrogens is 1. The van der Waals surface area contributed by atoms with E-state index >= 15 is 0 Å². The quantitative estimate of drug-likeness (QED) is 0.749. The molecule has 1 heterocycles. The molecular formula is C9H11N2O2Y-. The maximum absolute atomic E-state index is 11.3. The number of rotatable bonds is 2. The summed E-state index contributed by atoms with van der Waals surface area (Å²) in [7, 11) is 1.53. The van der Waals surface area contributed by atoms with Crippen LogP contribution in [0.1, 0.15) is 5.56 Å². The van der Waals surface area contributed by atoms with E-state index in [1.54, 1.807) is 6.92 Å². The molecule has 0 aromatic carbocycles. The van der Waals surface area contributed by atoms with E-state index in [9.17, 15) is 9.59 Å². The predicted octanol–water partition coefficient (Wildman–Crippen LogP) is -0.300. The van der Waals surface area contributed by atoms with Crippen molar-refractivity contribution in [3.63, 3.8) is 0 Å². The monoisotopic (exact) mass is 268 g/mol. The largest absolute Gasteiger partial charge is 0.358 e. The molecule has 1 amide bonds. The molecular weight excluding hydrogens is 257 g/mol. The van der Waals surface area contributed by atoms with Crippen molar-refractivity contribution in [2.24, 2.45) is 0 Å². The number of aryl methyl sites for hydroxylation is 1. The number of likely N-dealkylation sites (N-methyl/N-ethyl adjacent to an activating group) is 1. The standard InChI is InChI=1S/C9H11N2O2.Y/c1-7-3-4-11(9(13)5-7)6-8(12)10-2;/h4-5H,6H2,1-2H3,(H,10,12);/q-1;. The molecule has 0 unspecified atom stereocenters. The van der Waals surface area contributed by atoms with Gasteiger partial charge in [0.25, 0.3) is 0 Å². The van der Waals surface area contributed by atoms with Gasteiger partial charge in [0.2, 0.25) is 5.91 Å². The number of hydrogen-bond acceptors (Lipinski definition) is 2. The first kappa shape index (κ1) is 13.5. The van der Waals surface area contributed by atoms with E-state index in [0.29, 0.717) is 0 Å². The number of carbonyl (C=O) groups is 1. The van der Waals surface area contributed by atoms with Crippen LogP contribution < -0.4 is 10.9 Å². The summed E-state index contributed by atoms with van der Waals surface area (Å²) in [6, 6.07) is 4.30. The number of nitrogens with one attached hydrogen (secondary N) is 1. The van der Waals surface area contributed by atoms with E-state index in [0.717, 1.165) is 5.56 Å². The zero-order valence-electron chi connectivity index (χ0n) is 8.20. The minimum atomic E-state index is -0.195. The summed E-state index contributed by atoms with van der Waals surface area (Å²) < 4.78 is 1.31. The molecule has 0 saturated heterocycles. The first-order valence-corrected chi connectivity index (χ1v) is 3.93. The molecule has 0 atom stereocenters. The van der Waals surface area contributed by atoms with E-state index in [1.807, 2.05) is 0 Å². The SMILES string of the molecule is CNC(=O)Cn1c[c-]c(C)cc1=O.[Y]. The third-order valence-electron chi connectivity index (χ3n) is 1.66. The fourth-order valence-electron chi connectivity index (χ4n) is 0.910. The Labute approximate surface area is 108 Å². The summed E-state index contributed by atoms with van der Waals surface area (Å²) in [5, 5.41) is 2.44. The van der Waals surface area contributed by atoms with Crippen LogP contribution in [0.15, 0.2) is 17.1 Å². The van der Waals surface area contributed by atoms with Gasteiger partial charge in [0.1, 0.15) is 6.54 Å². The van der Waals surface area contributed by atoms with E-state index in [-0.39, 0.29) is 50.7 Å². The Hall–Kier alpha value is -0.476.